The highest BCUT2D eigenvalue weighted by Gasteiger charge is 2.30. The molecule has 98 valence electrons. The smallest absolute Gasteiger partial charge is 0.168 e. The number of hydrogen-bond acceptors (Lipinski definition) is 2. The molecule has 1 aliphatic carbocycles. The van der Waals surface area contributed by atoms with E-state index in [0.29, 0.717) is 11.7 Å². The molecule has 1 aromatic rings. The van der Waals surface area contributed by atoms with Crippen molar-refractivity contribution >= 4 is 5.78 Å². The van der Waals surface area contributed by atoms with Crippen LogP contribution in [0.5, 0.6) is 5.75 Å². The van der Waals surface area contributed by atoms with Crippen LogP contribution in [-0.4, -0.2) is 12.9 Å². The van der Waals surface area contributed by atoms with E-state index in [1.54, 1.807) is 6.07 Å². The van der Waals surface area contributed by atoms with Crippen LogP contribution in [0.2, 0.25) is 0 Å². The van der Waals surface area contributed by atoms with E-state index in [0.717, 1.165) is 25.7 Å². The zero-order chi connectivity index (χ0) is 13.1. The van der Waals surface area contributed by atoms with Gasteiger partial charge < -0.3 is 4.74 Å². The van der Waals surface area contributed by atoms with Crippen LogP contribution >= 0.6 is 0 Å². The summed E-state index contributed by atoms with van der Waals surface area (Å²) in [5.41, 5.74) is 0.206. The number of Topliss-reactive ketones (excluding diaryl/α,β-unsaturated/α-hetero) is 1. The van der Waals surface area contributed by atoms with E-state index >= 15 is 0 Å². The summed E-state index contributed by atoms with van der Waals surface area (Å²) in [6.07, 6.45) is 3.99. The summed E-state index contributed by atoms with van der Waals surface area (Å²) in [6, 6.07) is 4.46. The van der Waals surface area contributed by atoms with E-state index in [2.05, 4.69) is 6.92 Å². The van der Waals surface area contributed by atoms with Crippen LogP contribution in [0, 0.1) is 17.7 Å². The van der Waals surface area contributed by atoms with Gasteiger partial charge in [-0.25, -0.2) is 4.39 Å². The molecular weight excluding hydrogens is 231 g/mol. The molecular formula is C15H19FO2. The summed E-state index contributed by atoms with van der Waals surface area (Å²) in [4.78, 5) is 12.2. The Balaban J connectivity index is 2.14. The molecule has 0 spiro atoms. The quantitative estimate of drug-likeness (QED) is 0.759. The van der Waals surface area contributed by atoms with Gasteiger partial charge in [0.2, 0.25) is 0 Å². The van der Waals surface area contributed by atoms with Gasteiger partial charge in [0.1, 0.15) is 11.6 Å². The van der Waals surface area contributed by atoms with Crippen molar-refractivity contribution in [3.05, 3.63) is 29.6 Å². The lowest BCUT2D eigenvalue weighted by Crippen LogP contribution is -2.13. The summed E-state index contributed by atoms with van der Waals surface area (Å²) in [6.45, 7) is 2.14. The van der Waals surface area contributed by atoms with E-state index in [1.165, 1.54) is 19.2 Å². The van der Waals surface area contributed by atoms with Crippen molar-refractivity contribution in [2.45, 2.75) is 32.6 Å². The van der Waals surface area contributed by atoms with Gasteiger partial charge in [-0.1, -0.05) is 13.3 Å². The number of carbonyl (C=O) groups is 1. The fourth-order valence-corrected chi connectivity index (χ4v) is 2.73. The minimum Gasteiger partial charge on any atom is -0.497 e. The highest BCUT2D eigenvalue weighted by atomic mass is 19.1. The molecule has 1 aromatic carbocycles. The van der Waals surface area contributed by atoms with Crippen molar-refractivity contribution in [1.82, 2.24) is 0 Å². The molecule has 0 saturated heterocycles. The van der Waals surface area contributed by atoms with E-state index in [-0.39, 0.29) is 17.3 Å². The predicted molar refractivity (Wildman–Crippen MR) is 68.4 cm³/mol. The number of ether oxygens (including phenoxy) is 1. The molecule has 18 heavy (non-hydrogen) atoms. The van der Waals surface area contributed by atoms with Gasteiger partial charge in [0.25, 0.3) is 0 Å². The van der Waals surface area contributed by atoms with Crippen molar-refractivity contribution in [2.75, 3.05) is 7.11 Å². The second-order valence-electron chi connectivity index (χ2n) is 4.99. The lowest BCUT2D eigenvalue weighted by molar-refractivity contribution is 0.0915. The van der Waals surface area contributed by atoms with E-state index in [4.69, 9.17) is 4.74 Å². The number of methoxy groups -OCH3 is 1. The number of rotatable bonds is 4. The Bertz CT molecular complexity index is 442. The second-order valence-corrected chi connectivity index (χ2v) is 4.99. The standard InChI is InChI=1S/C15H19FO2/c1-3-10-4-5-11(8-10)15(17)13-7-6-12(18-2)9-14(13)16/h6-7,9-11H,3-5,8H2,1-2H3. The molecule has 3 heteroatoms. The summed E-state index contributed by atoms with van der Waals surface area (Å²) >= 11 is 0. The van der Waals surface area contributed by atoms with E-state index < -0.39 is 5.82 Å². The van der Waals surface area contributed by atoms with Gasteiger partial charge in [0.15, 0.2) is 5.78 Å². The van der Waals surface area contributed by atoms with E-state index in [1.807, 2.05) is 0 Å². The maximum atomic E-state index is 13.8. The zero-order valence-corrected chi connectivity index (χ0v) is 10.9. The van der Waals surface area contributed by atoms with Gasteiger partial charge in [-0.3, -0.25) is 4.79 Å². The first kappa shape index (κ1) is 13.1. The second kappa shape index (κ2) is 5.51. The number of benzene rings is 1. The van der Waals surface area contributed by atoms with Gasteiger partial charge in [-0.05, 0) is 37.3 Å². The van der Waals surface area contributed by atoms with Crippen molar-refractivity contribution in [3.8, 4) is 5.75 Å². The van der Waals surface area contributed by atoms with Crippen LogP contribution in [0.3, 0.4) is 0 Å². The van der Waals surface area contributed by atoms with Crippen LogP contribution in [-0.2, 0) is 0 Å². The van der Waals surface area contributed by atoms with Crippen LogP contribution in [0.15, 0.2) is 18.2 Å². The van der Waals surface area contributed by atoms with Crippen molar-refractivity contribution in [1.29, 1.82) is 0 Å². The third-order valence-corrected chi connectivity index (χ3v) is 3.93. The number of ketones is 1. The maximum Gasteiger partial charge on any atom is 0.168 e. The average molecular weight is 250 g/mol. The fourth-order valence-electron chi connectivity index (χ4n) is 2.73. The zero-order valence-electron chi connectivity index (χ0n) is 10.9. The lowest BCUT2D eigenvalue weighted by Gasteiger charge is -2.10. The van der Waals surface area contributed by atoms with Gasteiger partial charge in [0.05, 0.1) is 12.7 Å². The number of carbonyl (C=O) groups excluding carboxylic acids is 1. The largest absolute Gasteiger partial charge is 0.497 e. The third-order valence-electron chi connectivity index (χ3n) is 3.93. The highest BCUT2D eigenvalue weighted by molar-refractivity contribution is 5.98. The Hall–Kier alpha value is -1.38. The molecule has 1 fully saturated rings. The Morgan fingerprint density at radius 3 is 2.78 bits per heavy atom. The summed E-state index contributed by atoms with van der Waals surface area (Å²) < 4.78 is 18.8. The molecule has 1 saturated carbocycles. The van der Waals surface area contributed by atoms with Gasteiger partial charge in [-0.2, -0.15) is 0 Å². The highest BCUT2D eigenvalue weighted by Crippen LogP contribution is 2.35. The molecule has 0 aromatic heterocycles. The fraction of sp³-hybridized carbons (Fsp3) is 0.533. The molecule has 2 unspecified atom stereocenters. The predicted octanol–water partition coefficient (Wildman–Crippen LogP) is 3.84. The molecule has 0 bridgehead atoms. The van der Waals surface area contributed by atoms with Gasteiger partial charge in [-0.15, -0.1) is 0 Å². The Morgan fingerprint density at radius 2 is 2.22 bits per heavy atom. The number of hydrogen-bond donors (Lipinski definition) is 0. The van der Waals surface area contributed by atoms with E-state index in [9.17, 15) is 9.18 Å². The first-order valence-electron chi connectivity index (χ1n) is 6.53. The van der Waals surface area contributed by atoms with Gasteiger partial charge >= 0.3 is 0 Å². The molecule has 1 aliphatic rings. The summed E-state index contributed by atoms with van der Waals surface area (Å²) in [5.74, 6) is 0.547. The lowest BCUT2D eigenvalue weighted by atomic mass is 9.94. The molecule has 0 radical (unpaired) electrons. The minimum atomic E-state index is -0.473. The normalized spacial score (nSPS) is 23.1. The Morgan fingerprint density at radius 1 is 1.44 bits per heavy atom. The molecule has 0 aliphatic heterocycles. The van der Waals surface area contributed by atoms with Crippen molar-refractivity contribution < 1.29 is 13.9 Å². The topological polar surface area (TPSA) is 26.3 Å². The SMILES string of the molecule is CCC1CCC(C(=O)c2ccc(OC)cc2F)C1. The van der Waals surface area contributed by atoms with Crippen LogP contribution in [0.25, 0.3) is 0 Å². The molecule has 0 amide bonds. The summed E-state index contributed by atoms with van der Waals surface area (Å²) in [7, 11) is 1.49. The Labute approximate surface area is 107 Å². The Kier molecular flexibility index (Phi) is 4.00. The molecule has 0 N–H and O–H groups in total. The molecule has 2 nitrogen and oxygen atoms in total. The maximum absolute atomic E-state index is 13.8. The first-order valence-corrected chi connectivity index (χ1v) is 6.53. The van der Waals surface area contributed by atoms with Gasteiger partial charge in [0, 0.05) is 12.0 Å². The monoisotopic (exact) mass is 250 g/mol. The summed E-state index contributed by atoms with van der Waals surface area (Å²) in [5, 5.41) is 0. The van der Waals surface area contributed by atoms with Crippen molar-refractivity contribution in [3.63, 3.8) is 0 Å². The molecule has 2 atom stereocenters. The minimum absolute atomic E-state index is 0.00200. The van der Waals surface area contributed by atoms with Crippen LogP contribution < -0.4 is 4.74 Å². The average Bonchev–Trinajstić information content (AvgIpc) is 2.86. The molecule has 0 heterocycles. The third kappa shape index (κ3) is 2.55. The van der Waals surface area contributed by atoms with Crippen molar-refractivity contribution in [2.24, 2.45) is 11.8 Å². The van der Waals surface area contributed by atoms with Crippen LogP contribution in [0.1, 0.15) is 43.0 Å². The first-order chi connectivity index (χ1) is 8.65. The van der Waals surface area contributed by atoms with Crippen LogP contribution in [0.4, 0.5) is 4.39 Å². The number of halogens is 1. The molecule has 2 rings (SSSR count).